The zero-order valence-corrected chi connectivity index (χ0v) is 12.7. The second kappa shape index (κ2) is 4.28. The molecule has 2 heterocycles. The van der Waals surface area contributed by atoms with Crippen LogP contribution in [0.1, 0.15) is 52.4 Å². The van der Waals surface area contributed by atoms with Crippen LogP contribution in [0.4, 0.5) is 0 Å². The minimum atomic E-state index is -0.130. The van der Waals surface area contributed by atoms with Gasteiger partial charge >= 0.3 is 0 Å². The first kappa shape index (κ1) is 13.4. The molecule has 0 radical (unpaired) electrons. The van der Waals surface area contributed by atoms with Gasteiger partial charge in [0.2, 0.25) is 4.96 Å². The molecule has 0 amide bonds. The van der Waals surface area contributed by atoms with Crippen LogP contribution in [0.25, 0.3) is 4.96 Å². The van der Waals surface area contributed by atoms with E-state index >= 15 is 0 Å². The van der Waals surface area contributed by atoms with E-state index in [9.17, 15) is 0 Å². The molecule has 0 atom stereocenters. The fourth-order valence-corrected chi connectivity index (χ4v) is 2.77. The van der Waals surface area contributed by atoms with Gasteiger partial charge in [-0.1, -0.05) is 39.0 Å². The molecule has 0 unspecified atom stereocenters. The van der Waals surface area contributed by atoms with Gasteiger partial charge in [-0.25, -0.2) is 0 Å². The Labute approximate surface area is 112 Å². The average Bonchev–Trinajstić information content (AvgIpc) is 2.72. The van der Waals surface area contributed by atoms with Gasteiger partial charge < -0.3 is 5.32 Å². The van der Waals surface area contributed by atoms with Crippen molar-refractivity contribution in [3.63, 3.8) is 0 Å². The van der Waals surface area contributed by atoms with Crippen molar-refractivity contribution in [2.24, 2.45) is 0 Å². The standard InChI is InChI=1S/C12H21N5S/c1-7-13-12(5,6)9-16-17-8(11(2,3)4)14-15-10(17)18-9/h13H,7H2,1-6H3. The van der Waals surface area contributed by atoms with Gasteiger partial charge in [0.15, 0.2) is 5.82 Å². The number of rotatable bonds is 3. The quantitative estimate of drug-likeness (QED) is 0.927. The Kier molecular flexibility index (Phi) is 3.19. The topological polar surface area (TPSA) is 55.1 Å². The summed E-state index contributed by atoms with van der Waals surface area (Å²) in [6.45, 7) is 13.7. The molecule has 2 aromatic heterocycles. The summed E-state index contributed by atoms with van der Waals surface area (Å²) in [5.41, 5.74) is -0.178. The van der Waals surface area contributed by atoms with Crippen LogP contribution in [0, 0.1) is 0 Å². The van der Waals surface area contributed by atoms with Crippen LogP contribution in [0.5, 0.6) is 0 Å². The highest BCUT2D eigenvalue weighted by Gasteiger charge is 2.28. The van der Waals surface area contributed by atoms with Crippen molar-refractivity contribution in [3.05, 3.63) is 10.8 Å². The molecule has 0 aliphatic carbocycles. The largest absolute Gasteiger partial charge is 0.306 e. The Bertz CT molecular complexity index is 546. The molecule has 6 heteroatoms. The lowest BCUT2D eigenvalue weighted by Gasteiger charge is -2.22. The van der Waals surface area contributed by atoms with Crippen molar-refractivity contribution in [1.29, 1.82) is 0 Å². The van der Waals surface area contributed by atoms with Crippen LogP contribution < -0.4 is 5.32 Å². The summed E-state index contributed by atoms with van der Waals surface area (Å²) in [4.78, 5) is 0.862. The highest BCUT2D eigenvalue weighted by Crippen LogP contribution is 2.28. The third-order valence-electron chi connectivity index (χ3n) is 2.82. The van der Waals surface area contributed by atoms with E-state index < -0.39 is 0 Å². The van der Waals surface area contributed by atoms with E-state index in [4.69, 9.17) is 0 Å². The minimum absolute atomic E-state index is 0.0485. The molecule has 2 aromatic rings. The number of hydrogen-bond donors (Lipinski definition) is 1. The first-order valence-corrected chi connectivity index (χ1v) is 7.05. The van der Waals surface area contributed by atoms with E-state index in [-0.39, 0.29) is 11.0 Å². The fourth-order valence-electron chi connectivity index (χ4n) is 1.85. The van der Waals surface area contributed by atoms with Gasteiger partial charge in [0.25, 0.3) is 0 Å². The highest BCUT2D eigenvalue weighted by molar-refractivity contribution is 7.16. The third kappa shape index (κ3) is 2.27. The molecular formula is C12H21N5S. The average molecular weight is 267 g/mol. The van der Waals surface area contributed by atoms with E-state index in [0.717, 1.165) is 22.3 Å². The lowest BCUT2D eigenvalue weighted by molar-refractivity contribution is 0.407. The Morgan fingerprint density at radius 3 is 2.39 bits per heavy atom. The first-order chi connectivity index (χ1) is 8.25. The van der Waals surface area contributed by atoms with Gasteiger partial charge in [0.05, 0.1) is 5.54 Å². The van der Waals surface area contributed by atoms with Gasteiger partial charge in [-0.2, -0.15) is 9.61 Å². The van der Waals surface area contributed by atoms with Crippen LogP contribution in [0.3, 0.4) is 0 Å². The zero-order valence-electron chi connectivity index (χ0n) is 11.9. The summed E-state index contributed by atoms with van der Waals surface area (Å²) in [6, 6.07) is 0. The van der Waals surface area contributed by atoms with Crippen LogP contribution in [-0.4, -0.2) is 26.4 Å². The van der Waals surface area contributed by atoms with Gasteiger partial charge in [-0.05, 0) is 20.4 Å². The molecule has 1 N–H and O–H groups in total. The second-order valence-corrected chi connectivity index (χ2v) is 6.99. The van der Waals surface area contributed by atoms with Crippen molar-refractivity contribution in [3.8, 4) is 0 Å². The number of hydrogen-bond acceptors (Lipinski definition) is 5. The van der Waals surface area contributed by atoms with Crippen LogP contribution in [0.15, 0.2) is 0 Å². The molecule has 100 valence electrons. The molecule has 0 saturated carbocycles. The summed E-state index contributed by atoms with van der Waals surface area (Å²) in [5.74, 6) is 0.910. The molecule has 2 rings (SSSR count). The summed E-state index contributed by atoms with van der Waals surface area (Å²) in [6.07, 6.45) is 0. The maximum absolute atomic E-state index is 4.68. The second-order valence-electron chi connectivity index (χ2n) is 6.03. The van der Waals surface area contributed by atoms with E-state index in [1.807, 2.05) is 4.52 Å². The van der Waals surface area contributed by atoms with Gasteiger partial charge in [-0.3, -0.25) is 0 Å². The Balaban J connectivity index is 2.49. The number of nitrogens with zero attached hydrogens (tertiary/aromatic N) is 4. The fraction of sp³-hybridized carbons (Fsp3) is 0.750. The number of aromatic nitrogens is 4. The SMILES string of the molecule is CCNC(C)(C)c1nn2c(C(C)(C)C)nnc2s1. The van der Waals surface area contributed by atoms with Crippen LogP contribution >= 0.6 is 11.3 Å². The van der Waals surface area contributed by atoms with Gasteiger partial charge in [0, 0.05) is 5.41 Å². The molecule has 18 heavy (non-hydrogen) atoms. The third-order valence-corrected chi connectivity index (χ3v) is 4.04. The molecule has 0 bridgehead atoms. The minimum Gasteiger partial charge on any atom is -0.306 e. The highest BCUT2D eigenvalue weighted by atomic mass is 32.1. The molecular weight excluding hydrogens is 246 g/mol. The molecule has 5 nitrogen and oxygen atoms in total. The Morgan fingerprint density at radius 2 is 1.83 bits per heavy atom. The smallest absolute Gasteiger partial charge is 0.234 e. The van der Waals surface area contributed by atoms with E-state index in [0.29, 0.717) is 0 Å². The van der Waals surface area contributed by atoms with Crippen molar-refractivity contribution < 1.29 is 0 Å². The number of fused-ring (bicyclic) bond motifs is 1. The molecule has 0 aliphatic rings. The summed E-state index contributed by atoms with van der Waals surface area (Å²) in [7, 11) is 0. The zero-order chi connectivity index (χ0) is 13.6. The Hall–Kier alpha value is -1.01. The lowest BCUT2D eigenvalue weighted by Crippen LogP contribution is -2.36. The van der Waals surface area contributed by atoms with E-state index in [1.165, 1.54) is 0 Å². The molecule has 0 spiro atoms. The summed E-state index contributed by atoms with van der Waals surface area (Å²) in [5, 5.41) is 17.6. The van der Waals surface area contributed by atoms with E-state index in [1.54, 1.807) is 11.3 Å². The first-order valence-electron chi connectivity index (χ1n) is 6.24. The summed E-state index contributed by atoms with van der Waals surface area (Å²) >= 11 is 1.60. The predicted molar refractivity (Wildman–Crippen MR) is 74.1 cm³/mol. The van der Waals surface area contributed by atoms with E-state index in [2.05, 4.69) is 62.2 Å². The van der Waals surface area contributed by atoms with Crippen molar-refractivity contribution in [1.82, 2.24) is 25.1 Å². The van der Waals surface area contributed by atoms with Gasteiger partial charge in [0.1, 0.15) is 5.01 Å². The molecule has 0 saturated heterocycles. The number of nitrogens with one attached hydrogen (secondary N) is 1. The molecule has 0 aliphatic heterocycles. The molecule has 0 fully saturated rings. The van der Waals surface area contributed by atoms with Crippen LogP contribution in [0.2, 0.25) is 0 Å². The summed E-state index contributed by atoms with van der Waals surface area (Å²) < 4.78 is 1.87. The molecule has 0 aromatic carbocycles. The normalized spacial score (nSPS) is 13.4. The maximum atomic E-state index is 4.68. The maximum Gasteiger partial charge on any atom is 0.234 e. The Morgan fingerprint density at radius 1 is 1.17 bits per heavy atom. The monoisotopic (exact) mass is 267 g/mol. The lowest BCUT2D eigenvalue weighted by atomic mass is 9.96. The predicted octanol–water partition coefficient (Wildman–Crippen LogP) is 2.33. The van der Waals surface area contributed by atoms with Gasteiger partial charge in [-0.15, -0.1) is 10.2 Å². The van der Waals surface area contributed by atoms with Crippen LogP contribution in [-0.2, 0) is 11.0 Å². The van der Waals surface area contributed by atoms with Crippen molar-refractivity contribution in [2.45, 2.75) is 52.5 Å². The van der Waals surface area contributed by atoms with Crippen molar-refractivity contribution >= 4 is 16.3 Å². The van der Waals surface area contributed by atoms with Crippen molar-refractivity contribution in [2.75, 3.05) is 6.54 Å².